The van der Waals surface area contributed by atoms with E-state index in [2.05, 4.69) is 5.16 Å². The number of rotatable bonds is 3. The van der Waals surface area contributed by atoms with E-state index in [0.29, 0.717) is 5.02 Å². The van der Waals surface area contributed by atoms with Gasteiger partial charge in [-0.15, -0.1) is 0 Å². The number of aryl methyl sites for hydroxylation is 3. The number of hydrogen-bond acceptors (Lipinski definition) is 5. The molecule has 0 aliphatic carbocycles. The minimum absolute atomic E-state index is 0.0416. The molecule has 0 saturated heterocycles. The van der Waals surface area contributed by atoms with Gasteiger partial charge in [-0.2, -0.15) is 8.42 Å². The molecule has 102 valence electrons. The highest BCUT2D eigenvalue weighted by Gasteiger charge is 2.26. The van der Waals surface area contributed by atoms with Crippen LogP contribution in [-0.4, -0.2) is 13.6 Å². The third-order valence-electron chi connectivity index (χ3n) is 2.55. The Morgan fingerprint density at radius 3 is 2.47 bits per heavy atom. The monoisotopic (exact) mass is 301 g/mol. The molecule has 0 aliphatic heterocycles. The predicted molar refractivity (Wildman–Crippen MR) is 70.0 cm³/mol. The molecule has 1 aromatic carbocycles. The average molecular weight is 302 g/mol. The Kier molecular flexibility index (Phi) is 3.56. The summed E-state index contributed by atoms with van der Waals surface area (Å²) >= 11 is 5.87. The van der Waals surface area contributed by atoms with Crippen LogP contribution in [0.5, 0.6) is 5.75 Å². The van der Waals surface area contributed by atoms with E-state index in [4.69, 9.17) is 20.3 Å². The van der Waals surface area contributed by atoms with Crippen molar-refractivity contribution in [3.05, 3.63) is 40.2 Å². The van der Waals surface area contributed by atoms with Crippen molar-refractivity contribution in [3.8, 4) is 5.75 Å². The first-order chi connectivity index (χ1) is 8.81. The molecule has 0 fully saturated rings. The number of aromatic nitrogens is 1. The first-order valence-electron chi connectivity index (χ1n) is 5.45. The Hall–Kier alpha value is -1.53. The van der Waals surface area contributed by atoms with E-state index in [9.17, 15) is 8.42 Å². The fourth-order valence-corrected chi connectivity index (χ4v) is 3.02. The van der Waals surface area contributed by atoms with Crippen LogP contribution in [0.3, 0.4) is 0 Å². The number of nitrogens with zero attached hydrogens (tertiary/aromatic N) is 1. The molecule has 7 heteroatoms. The molecule has 1 heterocycles. The van der Waals surface area contributed by atoms with Crippen LogP contribution in [0.2, 0.25) is 5.02 Å². The fourth-order valence-electron chi connectivity index (χ4n) is 1.67. The Labute approximate surface area is 116 Å². The van der Waals surface area contributed by atoms with E-state index < -0.39 is 10.1 Å². The summed E-state index contributed by atoms with van der Waals surface area (Å²) in [6.07, 6.45) is 0. The van der Waals surface area contributed by atoms with Gasteiger partial charge in [-0.3, -0.25) is 0 Å². The zero-order chi connectivity index (χ0) is 14.2. The van der Waals surface area contributed by atoms with Crippen LogP contribution in [0.25, 0.3) is 0 Å². The summed E-state index contributed by atoms with van der Waals surface area (Å²) in [7, 11) is -3.96. The SMILES string of the molecule is Cc1cc(OS(=O)(=O)c2c(C)noc2C)ccc1Cl. The molecular formula is C12H12ClNO4S. The van der Waals surface area contributed by atoms with Crippen molar-refractivity contribution in [3.63, 3.8) is 0 Å². The fraction of sp³-hybridized carbons (Fsp3) is 0.250. The highest BCUT2D eigenvalue weighted by molar-refractivity contribution is 7.87. The molecule has 19 heavy (non-hydrogen) atoms. The van der Waals surface area contributed by atoms with E-state index in [1.807, 2.05) is 0 Å². The van der Waals surface area contributed by atoms with Crippen molar-refractivity contribution in [2.24, 2.45) is 0 Å². The smallest absolute Gasteiger partial charge is 0.344 e. The van der Waals surface area contributed by atoms with Crippen molar-refractivity contribution in [2.45, 2.75) is 25.7 Å². The third-order valence-corrected chi connectivity index (χ3v) is 4.47. The van der Waals surface area contributed by atoms with Gasteiger partial charge in [0.25, 0.3) is 0 Å². The maximum absolute atomic E-state index is 12.1. The molecule has 0 aliphatic rings. The average Bonchev–Trinajstić information content (AvgIpc) is 2.64. The quantitative estimate of drug-likeness (QED) is 0.815. The van der Waals surface area contributed by atoms with Crippen molar-refractivity contribution < 1.29 is 17.1 Å². The number of halogens is 1. The number of benzene rings is 1. The Bertz CT molecular complexity index is 702. The van der Waals surface area contributed by atoms with Crippen LogP contribution in [0.15, 0.2) is 27.6 Å². The molecule has 0 bridgehead atoms. The first-order valence-corrected chi connectivity index (χ1v) is 7.23. The summed E-state index contributed by atoms with van der Waals surface area (Å²) in [5.74, 6) is 0.394. The lowest BCUT2D eigenvalue weighted by Gasteiger charge is -2.07. The molecular weight excluding hydrogens is 290 g/mol. The van der Waals surface area contributed by atoms with E-state index in [1.165, 1.54) is 13.0 Å². The van der Waals surface area contributed by atoms with Crippen molar-refractivity contribution in [2.75, 3.05) is 0 Å². The summed E-state index contributed by atoms with van der Waals surface area (Å²) < 4.78 is 34.2. The van der Waals surface area contributed by atoms with Gasteiger partial charge in [0, 0.05) is 5.02 Å². The zero-order valence-electron chi connectivity index (χ0n) is 10.6. The van der Waals surface area contributed by atoms with Gasteiger partial charge in [0.05, 0.1) is 0 Å². The van der Waals surface area contributed by atoms with E-state index in [0.717, 1.165) is 5.56 Å². The normalized spacial score (nSPS) is 11.6. The third kappa shape index (κ3) is 2.74. The van der Waals surface area contributed by atoms with Crippen LogP contribution in [0.1, 0.15) is 17.0 Å². The second-order valence-corrected chi connectivity index (χ2v) is 5.99. The molecule has 0 atom stereocenters. The first kappa shape index (κ1) is 13.9. The largest absolute Gasteiger partial charge is 0.379 e. The van der Waals surface area contributed by atoms with Crippen LogP contribution >= 0.6 is 11.6 Å². The molecule has 1 aromatic heterocycles. The second-order valence-electron chi connectivity index (χ2n) is 4.10. The standard InChI is InChI=1S/C12H12ClNO4S/c1-7-6-10(4-5-11(7)13)18-19(15,16)12-8(2)14-17-9(12)3/h4-6H,1-3H3. The molecule has 2 rings (SSSR count). The van der Waals surface area contributed by atoms with E-state index in [-0.39, 0.29) is 22.1 Å². The number of hydrogen-bond donors (Lipinski definition) is 0. The summed E-state index contributed by atoms with van der Waals surface area (Å²) in [5, 5.41) is 4.14. The maximum Gasteiger partial charge on any atom is 0.344 e. The lowest BCUT2D eigenvalue weighted by molar-refractivity contribution is 0.390. The minimum Gasteiger partial charge on any atom is -0.379 e. The Morgan fingerprint density at radius 1 is 1.26 bits per heavy atom. The highest BCUT2D eigenvalue weighted by Crippen LogP contribution is 2.26. The van der Waals surface area contributed by atoms with Crippen molar-refractivity contribution in [1.29, 1.82) is 0 Å². The molecule has 0 radical (unpaired) electrons. The Morgan fingerprint density at radius 2 is 1.95 bits per heavy atom. The van der Waals surface area contributed by atoms with E-state index in [1.54, 1.807) is 26.0 Å². The maximum atomic E-state index is 12.1. The predicted octanol–water partition coefficient (Wildman–Crippen LogP) is 3.02. The van der Waals surface area contributed by atoms with Crippen LogP contribution < -0.4 is 4.18 Å². The molecule has 0 amide bonds. The highest BCUT2D eigenvalue weighted by atomic mass is 35.5. The van der Waals surface area contributed by atoms with Gasteiger partial charge < -0.3 is 8.71 Å². The summed E-state index contributed by atoms with van der Waals surface area (Å²) in [6, 6.07) is 4.62. The summed E-state index contributed by atoms with van der Waals surface area (Å²) in [6.45, 7) is 4.82. The van der Waals surface area contributed by atoms with Gasteiger partial charge in [0.1, 0.15) is 11.4 Å². The van der Waals surface area contributed by atoms with Crippen molar-refractivity contribution >= 4 is 21.7 Å². The molecule has 0 unspecified atom stereocenters. The van der Waals surface area contributed by atoms with Gasteiger partial charge >= 0.3 is 10.1 Å². The van der Waals surface area contributed by atoms with Crippen LogP contribution in [0.4, 0.5) is 0 Å². The molecule has 0 spiro atoms. The van der Waals surface area contributed by atoms with Crippen LogP contribution in [0, 0.1) is 20.8 Å². The lowest BCUT2D eigenvalue weighted by Crippen LogP contribution is -2.11. The zero-order valence-corrected chi connectivity index (χ0v) is 12.2. The molecule has 5 nitrogen and oxygen atoms in total. The Balaban J connectivity index is 2.39. The lowest BCUT2D eigenvalue weighted by atomic mass is 10.2. The van der Waals surface area contributed by atoms with Gasteiger partial charge in [-0.1, -0.05) is 16.8 Å². The van der Waals surface area contributed by atoms with E-state index >= 15 is 0 Å². The van der Waals surface area contributed by atoms with Gasteiger partial charge in [-0.05, 0) is 44.5 Å². The van der Waals surface area contributed by atoms with Gasteiger partial charge in [-0.25, -0.2) is 0 Å². The topological polar surface area (TPSA) is 69.4 Å². The molecule has 0 N–H and O–H groups in total. The van der Waals surface area contributed by atoms with Crippen molar-refractivity contribution in [1.82, 2.24) is 5.16 Å². The molecule has 2 aromatic rings. The second kappa shape index (κ2) is 4.86. The van der Waals surface area contributed by atoms with Gasteiger partial charge in [0.15, 0.2) is 10.7 Å². The van der Waals surface area contributed by atoms with Gasteiger partial charge in [0.2, 0.25) is 0 Å². The molecule has 0 saturated carbocycles. The minimum atomic E-state index is -3.96. The summed E-state index contributed by atoms with van der Waals surface area (Å²) in [5.41, 5.74) is 0.997. The summed E-state index contributed by atoms with van der Waals surface area (Å²) in [4.78, 5) is -0.0416. The van der Waals surface area contributed by atoms with Crippen LogP contribution in [-0.2, 0) is 10.1 Å².